The Bertz CT molecular complexity index is 1070. The summed E-state index contributed by atoms with van der Waals surface area (Å²) in [5.74, 6) is 0.277. The minimum atomic E-state index is -0.376. The van der Waals surface area contributed by atoms with Crippen LogP contribution in [-0.4, -0.2) is 29.5 Å². The van der Waals surface area contributed by atoms with Gasteiger partial charge in [0.25, 0.3) is 0 Å². The van der Waals surface area contributed by atoms with E-state index in [1.54, 1.807) is 6.07 Å². The molecule has 1 aromatic carbocycles. The fourth-order valence-electron chi connectivity index (χ4n) is 4.38. The van der Waals surface area contributed by atoms with E-state index >= 15 is 4.39 Å². The van der Waals surface area contributed by atoms with Crippen molar-refractivity contribution in [3.63, 3.8) is 0 Å². The van der Waals surface area contributed by atoms with Crippen molar-refractivity contribution in [2.45, 2.75) is 45.2 Å². The molecule has 1 unspecified atom stereocenters. The molecule has 2 aliphatic rings. The highest BCUT2D eigenvalue weighted by Crippen LogP contribution is 2.23. The Morgan fingerprint density at radius 1 is 1.32 bits per heavy atom. The van der Waals surface area contributed by atoms with Crippen LogP contribution in [0.25, 0.3) is 12.2 Å². The molecule has 1 aromatic heterocycles. The van der Waals surface area contributed by atoms with E-state index in [2.05, 4.69) is 47.9 Å². The Morgan fingerprint density at radius 2 is 2.13 bits per heavy atom. The zero-order chi connectivity index (χ0) is 21.8. The Balaban J connectivity index is 1.55. The molecular formula is C25H30ClFN4. The van der Waals surface area contributed by atoms with Crippen molar-refractivity contribution in [3.8, 4) is 0 Å². The van der Waals surface area contributed by atoms with Gasteiger partial charge in [0.2, 0.25) is 0 Å². The molecule has 1 aliphatic heterocycles. The number of piperidine rings is 1. The minimum absolute atomic E-state index is 0.226. The largest absolute Gasteiger partial charge is 0.367 e. The van der Waals surface area contributed by atoms with Crippen molar-refractivity contribution < 1.29 is 4.39 Å². The zero-order valence-corrected chi connectivity index (χ0v) is 18.7. The third-order valence-corrected chi connectivity index (χ3v) is 6.45. The fraction of sp³-hybridized carbons (Fsp3) is 0.400. The quantitative estimate of drug-likeness (QED) is 0.475. The molecule has 4 nitrogen and oxygen atoms in total. The number of aromatic nitrogens is 1. The van der Waals surface area contributed by atoms with Crippen LogP contribution in [0.2, 0.25) is 5.02 Å². The molecular weight excluding hydrogens is 411 g/mol. The normalized spacial score (nSPS) is 18.6. The summed E-state index contributed by atoms with van der Waals surface area (Å²) >= 11 is 6.50. The Kier molecular flexibility index (Phi) is 6.93. The van der Waals surface area contributed by atoms with E-state index < -0.39 is 0 Å². The van der Waals surface area contributed by atoms with Gasteiger partial charge in [-0.25, -0.2) is 4.39 Å². The van der Waals surface area contributed by atoms with E-state index in [-0.39, 0.29) is 17.7 Å². The first kappa shape index (κ1) is 21.8. The molecule has 4 rings (SSSR count). The number of rotatable bonds is 6. The van der Waals surface area contributed by atoms with Crippen molar-refractivity contribution in [1.82, 2.24) is 15.2 Å². The molecule has 0 bridgehead atoms. The summed E-state index contributed by atoms with van der Waals surface area (Å²) in [7, 11) is 0. The van der Waals surface area contributed by atoms with Crippen LogP contribution in [0.3, 0.4) is 0 Å². The second-order valence-corrected chi connectivity index (χ2v) is 8.82. The average molecular weight is 441 g/mol. The SMILES string of the molecule is CCCC1C=CC=c2c(ccn2Cc2c(F)cc(C(=N)NC3CCNCC3)cc2Cl)=C1. The lowest BCUT2D eigenvalue weighted by Gasteiger charge is -2.25. The summed E-state index contributed by atoms with van der Waals surface area (Å²) in [5.41, 5.74) is 0.937. The van der Waals surface area contributed by atoms with Gasteiger partial charge in [-0.2, -0.15) is 0 Å². The monoisotopic (exact) mass is 440 g/mol. The first-order chi connectivity index (χ1) is 15.0. The maximum atomic E-state index is 15.1. The number of amidine groups is 1. The molecule has 2 aromatic rings. The summed E-state index contributed by atoms with van der Waals surface area (Å²) in [4.78, 5) is 0. The number of hydrogen-bond acceptors (Lipinski definition) is 2. The summed E-state index contributed by atoms with van der Waals surface area (Å²) in [6, 6.07) is 5.44. The van der Waals surface area contributed by atoms with Crippen LogP contribution in [0.15, 0.2) is 36.5 Å². The van der Waals surface area contributed by atoms with Crippen molar-refractivity contribution in [1.29, 1.82) is 5.41 Å². The predicted octanol–water partition coefficient (Wildman–Crippen LogP) is 3.54. The van der Waals surface area contributed by atoms with Gasteiger partial charge < -0.3 is 15.2 Å². The van der Waals surface area contributed by atoms with Gasteiger partial charge in [0.1, 0.15) is 11.7 Å². The zero-order valence-electron chi connectivity index (χ0n) is 17.9. The molecule has 0 saturated carbocycles. The fourth-order valence-corrected chi connectivity index (χ4v) is 4.65. The van der Waals surface area contributed by atoms with Gasteiger partial charge >= 0.3 is 0 Å². The molecule has 31 heavy (non-hydrogen) atoms. The first-order valence-electron chi connectivity index (χ1n) is 11.1. The van der Waals surface area contributed by atoms with Crippen LogP contribution in [-0.2, 0) is 6.54 Å². The second kappa shape index (κ2) is 9.84. The third kappa shape index (κ3) is 5.10. The molecule has 1 aliphatic carbocycles. The van der Waals surface area contributed by atoms with E-state index in [9.17, 15) is 0 Å². The Morgan fingerprint density at radius 3 is 2.87 bits per heavy atom. The van der Waals surface area contributed by atoms with Gasteiger partial charge in [-0.15, -0.1) is 0 Å². The molecule has 6 heteroatoms. The van der Waals surface area contributed by atoms with Crippen molar-refractivity contribution in [2.24, 2.45) is 5.92 Å². The molecule has 1 atom stereocenters. The highest BCUT2D eigenvalue weighted by molar-refractivity contribution is 6.31. The number of allylic oxidation sites excluding steroid dienone is 2. The molecule has 2 heterocycles. The predicted molar refractivity (Wildman–Crippen MR) is 127 cm³/mol. The molecule has 1 saturated heterocycles. The second-order valence-electron chi connectivity index (χ2n) is 8.42. The standard InChI is InChI=1S/C25H30ClFN4/c1-2-4-17-5-3-6-24-18(13-17)9-12-31(24)16-21-22(26)14-19(15-23(21)27)25(28)30-20-7-10-29-11-8-20/h3,5-6,9,12-15,17,20,29H,2,4,7-8,10-11,16H2,1H3,(H2,28,30). The van der Waals surface area contributed by atoms with Crippen LogP contribution >= 0.6 is 11.6 Å². The first-order valence-corrected chi connectivity index (χ1v) is 11.5. The van der Waals surface area contributed by atoms with Gasteiger partial charge in [0, 0.05) is 33.7 Å². The maximum Gasteiger partial charge on any atom is 0.130 e. The summed E-state index contributed by atoms with van der Waals surface area (Å²) in [6.45, 7) is 4.41. The van der Waals surface area contributed by atoms with Crippen molar-refractivity contribution in [3.05, 3.63) is 69.1 Å². The maximum absolute atomic E-state index is 15.1. The summed E-state index contributed by atoms with van der Waals surface area (Å²) in [5, 5.41) is 17.5. The van der Waals surface area contributed by atoms with Crippen LogP contribution in [0.1, 0.15) is 43.7 Å². The highest BCUT2D eigenvalue weighted by atomic mass is 35.5. The molecule has 164 valence electrons. The molecule has 1 fully saturated rings. The number of hydrogen-bond donors (Lipinski definition) is 3. The Hall–Kier alpha value is -2.37. The van der Waals surface area contributed by atoms with E-state index in [1.165, 1.54) is 11.3 Å². The number of halogens is 2. The molecule has 0 amide bonds. The summed E-state index contributed by atoms with van der Waals surface area (Å²) < 4.78 is 17.1. The van der Waals surface area contributed by atoms with Crippen molar-refractivity contribution in [2.75, 3.05) is 13.1 Å². The van der Waals surface area contributed by atoms with Crippen LogP contribution in [0, 0.1) is 17.1 Å². The number of fused-ring (bicyclic) bond motifs is 1. The molecule has 0 spiro atoms. The topological polar surface area (TPSA) is 52.8 Å². The molecule has 3 N–H and O–H groups in total. The van der Waals surface area contributed by atoms with Gasteiger partial charge in [0.15, 0.2) is 0 Å². The van der Waals surface area contributed by atoms with Gasteiger partial charge in [-0.3, -0.25) is 5.41 Å². The number of benzene rings is 1. The summed E-state index contributed by atoms with van der Waals surface area (Å²) in [6.07, 6.45) is 14.8. The Labute approximate surface area is 188 Å². The lowest BCUT2D eigenvalue weighted by Crippen LogP contribution is -2.42. The number of nitrogens with one attached hydrogen (secondary N) is 3. The van der Waals surface area contributed by atoms with Gasteiger partial charge in [0.05, 0.1) is 6.54 Å². The van der Waals surface area contributed by atoms with E-state index in [0.717, 1.165) is 44.1 Å². The lowest BCUT2D eigenvalue weighted by atomic mass is 10.0. The van der Waals surface area contributed by atoms with Gasteiger partial charge in [-0.05, 0) is 67.8 Å². The molecule has 0 radical (unpaired) electrons. The van der Waals surface area contributed by atoms with E-state index in [4.69, 9.17) is 17.0 Å². The third-order valence-electron chi connectivity index (χ3n) is 6.11. The van der Waals surface area contributed by atoms with Crippen LogP contribution < -0.4 is 21.2 Å². The smallest absolute Gasteiger partial charge is 0.130 e. The van der Waals surface area contributed by atoms with Gasteiger partial charge in [-0.1, -0.05) is 43.2 Å². The van der Waals surface area contributed by atoms with E-state index in [1.807, 2.05) is 10.8 Å². The highest BCUT2D eigenvalue weighted by Gasteiger charge is 2.17. The number of nitrogens with zero attached hydrogens (tertiary/aromatic N) is 1. The van der Waals surface area contributed by atoms with Crippen molar-refractivity contribution >= 4 is 29.6 Å². The average Bonchev–Trinajstić information content (AvgIpc) is 3.00. The minimum Gasteiger partial charge on any atom is -0.367 e. The van der Waals surface area contributed by atoms with Crippen LogP contribution in [0.5, 0.6) is 0 Å². The van der Waals surface area contributed by atoms with E-state index in [0.29, 0.717) is 28.6 Å². The lowest BCUT2D eigenvalue weighted by molar-refractivity contribution is 0.429. The van der Waals surface area contributed by atoms with Crippen LogP contribution in [0.4, 0.5) is 4.39 Å².